The molecule has 0 aromatic carbocycles. The SMILES string of the molecule is COC(=O)CN=CC(C)=NN. The highest BCUT2D eigenvalue weighted by atomic mass is 16.5. The minimum Gasteiger partial charge on any atom is -0.468 e. The summed E-state index contributed by atoms with van der Waals surface area (Å²) in [5.41, 5.74) is 0.564. The Labute approximate surface area is 64.9 Å². The molecule has 5 nitrogen and oxygen atoms in total. The Hall–Kier alpha value is -1.39. The lowest BCUT2D eigenvalue weighted by molar-refractivity contribution is -0.138. The number of aliphatic imine (C=N–C) groups is 1. The topological polar surface area (TPSA) is 77.0 Å². The van der Waals surface area contributed by atoms with E-state index in [-0.39, 0.29) is 12.5 Å². The lowest BCUT2D eigenvalue weighted by atomic mass is 10.5. The summed E-state index contributed by atoms with van der Waals surface area (Å²) in [7, 11) is 1.31. The monoisotopic (exact) mass is 157 g/mol. The number of carbonyl (C=O) groups excluding carboxylic acids is 1. The zero-order chi connectivity index (χ0) is 8.69. The molecule has 0 aliphatic carbocycles. The minimum atomic E-state index is -0.383. The number of nitrogens with zero attached hydrogens (tertiary/aromatic N) is 2. The molecule has 0 aliphatic rings. The van der Waals surface area contributed by atoms with Gasteiger partial charge >= 0.3 is 5.97 Å². The van der Waals surface area contributed by atoms with Crippen molar-refractivity contribution < 1.29 is 9.53 Å². The predicted octanol–water partition coefficient (Wildman–Crippen LogP) is -0.435. The molecular formula is C6H11N3O2. The van der Waals surface area contributed by atoms with E-state index in [1.165, 1.54) is 13.3 Å². The van der Waals surface area contributed by atoms with E-state index in [4.69, 9.17) is 5.84 Å². The molecule has 0 fully saturated rings. The largest absolute Gasteiger partial charge is 0.468 e. The number of carbonyl (C=O) groups is 1. The van der Waals surface area contributed by atoms with Crippen LogP contribution in [0.2, 0.25) is 0 Å². The van der Waals surface area contributed by atoms with Gasteiger partial charge in [0.1, 0.15) is 6.54 Å². The highest BCUT2D eigenvalue weighted by Crippen LogP contribution is 1.75. The highest BCUT2D eigenvalue weighted by Gasteiger charge is 1.94. The van der Waals surface area contributed by atoms with Crippen molar-refractivity contribution in [1.82, 2.24) is 0 Å². The van der Waals surface area contributed by atoms with Crippen molar-refractivity contribution in [2.45, 2.75) is 6.92 Å². The van der Waals surface area contributed by atoms with Crippen molar-refractivity contribution in [3.05, 3.63) is 0 Å². The number of hydrazone groups is 1. The number of ether oxygens (including phenoxy) is 1. The maximum absolute atomic E-state index is 10.5. The molecule has 0 radical (unpaired) electrons. The van der Waals surface area contributed by atoms with Crippen molar-refractivity contribution >= 4 is 17.9 Å². The van der Waals surface area contributed by atoms with Gasteiger partial charge in [-0.3, -0.25) is 9.79 Å². The van der Waals surface area contributed by atoms with Crippen LogP contribution in [0.25, 0.3) is 0 Å². The summed E-state index contributed by atoms with van der Waals surface area (Å²) in [6.07, 6.45) is 1.41. The first-order chi connectivity index (χ1) is 5.20. The first-order valence-corrected chi connectivity index (χ1v) is 3.01. The lowest BCUT2D eigenvalue weighted by Crippen LogP contribution is -2.06. The zero-order valence-electron chi connectivity index (χ0n) is 6.57. The quantitative estimate of drug-likeness (QED) is 0.261. The second-order valence-corrected chi connectivity index (χ2v) is 1.82. The Morgan fingerprint density at radius 3 is 2.82 bits per heavy atom. The van der Waals surface area contributed by atoms with Crippen LogP contribution in [-0.2, 0) is 9.53 Å². The summed E-state index contributed by atoms with van der Waals surface area (Å²) >= 11 is 0. The fraction of sp³-hybridized carbons (Fsp3) is 0.500. The summed E-state index contributed by atoms with van der Waals surface area (Å²) in [6.45, 7) is 1.68. The van der Waals surface area contributed by atoms with E-state index in [0.717, 1.165) is 0 Å². The van der Waals surface area contributed by atoms with E-state index in [0.29, 0.717) is 5.71 Å². The maximum Gasteiger partial charge on any atom is 0.327 e. The van der Waals surface area contributed by atoms with Crippen LogP contribution in [0, 0.1) is 0 Å². The predicted molar refractivity (Wildman–Crippen MR) is 42.7 cm³/mol. The maximum atomic E-state index is 10.5. The molecular weight excluding hydrogens is 146 g/mol. The smallest absolute Gasteiger partial charge is 0.327 e. The Morgan fingerprint density at radius 2 is 2.36 bits per heavy atom. The first kappa shape index (κ1) is 9.61. The van der Waals surface area contributed by atoms with Crippen LogP contribution >= 0.6 is 0 Å². The zero-order valence-corrected chi connectivity index (χ0v) is 6.57. The number of esters is 1. The van der Waals surface area contributed by atoms with Crippen LogP contribution in [0.3, 0.4) is 0 Å². The minimum absolute atomic E-state index is 0.00333. The van der Waals surface area contributed by atoms with Gasteiger partial charge in [-0.1, -0.05) is 0 Å². The molecule has 62 valence electrons. The van der Waals surface area contributed by atoms with Crippen LogP contribution < -0.4 is 5.84 Å². The summed E-state index contributed by atoms with van der Waals surface area (Å²) in [5, 5.41) is 3.33. The van der Waals surface area contributed by atoms with Crippen molar-refractivity contribution in [2.24, 2.45) is 15.9 Å². The molecule has 0 spiro atoms. The van der Waals surface area contributed by atoms with Crippen molar-refractivity contribution in [2.75, 3.05) is 13.7 Å². The third-order valence-electron chi connectivity index (χ3n) is 0.930. The molecule has 0 rings (SSSR count). The molecule has 0 heterocycles. The van der Waals surface area contributed by atoms with Gasteiger partial charge in [-0.05, 0) is 6.92 Å². The van der Waals surface area contributed by atoms with Crippen LogP contribution in [0.1, 0.15) is 6.92 Å². The number of hydrogen-bond acceptors (Lipinski definition) is 5. The molecule has 0 amide bonds. The van der Waals surface area contributed by atoms with Gasteiger partial charge in [0.2, 0.25) is 0 Å². The average molecular weight is 157 g/mol. The molecule has 0 bridgehead atoms. The molecule has 11 heavy (non-hydrogen) atoms. The van der Waals surface area contributed by atoms with Crippen molar-refractivity contribution in [3.63, 3.8) is 0 Å². The first-order valence-electron chi connectivity index (χ1n) is 3.01. The van der Waals surface area contributed by atoms with E-state index in [9.17, 15) is 4.79 Å². The fourth-order valence-corrected chi connectivity index (χ4v) is 0.350. The van der Waals surface area contributed by atoms with Crippen LogP contribution in [0.15, 0.2) is 10.1 Å². The summed E-state index contributed by atoms with van der Waals surface area (Å²) in [6, 6.07) is 0. The third-order valence-corrected chi connectivity index (χ3v) is 0.930. The molecule has 0 saturated heterocycles. The number of hydrogen-bond donors (Lipinski definition) is 1. The molecule has 0 unspecified atom stereocenters. The van der Waals surface area contributed by atoms with Gasteiger partial charge < -0.3 is 10.6 Å². The van der Waals surface area contributed by atoms with Gasteiger partial charge in [0.15, 0.2) is 0 Å². The molecule has 2 N–H and O–H groups in total. The Bertz CT molecular complexity index is 186. The summed E-state index contributed by atoms with van der Waals surface area (Å²) in [5.74, 6) is 4.52. The Kier molecular flexibility index (Phi) is 4.72. The van der Waals surface area contributed by atoms with Crippen molar-refractivity contribution in [3.8, 4) is 0 Å². The van der Waals surface area contributed by atoms with Gasteiger partial charge in [0.25, 0.3) is 0 Å². The van der Waals surface area contributed by atoms with Crippen LogP contribution in [-0.4, -0.2) is 31.6 Å². The van der Waals surface area contributed by atoms with Gasteiger partial charge in [-0.15, -0.1) is 0 Å². The van der Waals surface area contributed by atoms with Gasteiger partial charge in [-0.2, -0.15) is 5.10 Å². The highest BCUT2D eigenvalue weighted by molar-refractivity contribution is 6.29. The molecule has 5 heteroatoms. The van der Waals surface area contributed by atoms with E-state index < -0.39 is 0 Å². The average Bonchev–Trinajstić information content (AvgIpc) is 2.04. The summed E-state index contributed by atoms with van der Waals surface area (Å²) < 4.78 is 4.34. The molecule has 0 aromatic heterocycles. The fourth-order valence-electron chi connectivity index (χ4n) is 0.350. The van der Waals surface area contributed by atoms with Crippen molar-refractivity contribution in [1.29, 1.82) is 0 Å². The van der Waals surface area contributed by atoms with E-state index in [1.54, 1.807) is 6.92 Å². The van der Waals surface area contributed by atoms with Gasteiger partial charge in [-0.25, -0.2) is 0 Å². The lowest BCUT2D eigenvalue weighted by Gasteiger charge is -1.91. The normalized spacial score (nSPS) is 12.0. The number of methoxy groups -OCH3 is 1. The molecule has 0 saturated carbocycles. The van der Waals surface area contributed by atoms with E-state index >= 15 is 0 Å². The number of rotatable bonds is 3. The third kappa shape index (κ3) is 5.07. The second kappa shape index (κ2) is 5.40. The molecule has 0 aromatic rings. The molecule has 0 aliphatic heterocycles. The van der Waals surface area contributed by atoms with Crippen LogP contribution in [0.5, 0.6) is 0 Å². The van der Waals surface area contributed by atoms with Gasteiger partial charge in [0, 0.05) is 6.21 Å². The van der Waals surface area contributed by atoms with E-state index in [1.807, 2.05) is 0 Å². The van der Waals surface area contributed by atoms with Crippen LogP contribution in [0.4, 0.5) is 0 Å². The molecule has 0 atom stereocenters. The summed E-state index contributed by atoms with van der Waals surface area (Å²) in [4.78, 5) is 14.2. The standard InChI is InChI=1S/C6H11N3O2/c1-5(9-7)3-8-4-6(10)11-2/h3H,4,7H2,1-2H3. The Balaban J connectivity index is 3.69. The van der Waals surface area contributed by atoms with E-state index in [2.05, 4.69) is 14.8 Å². The number of nitrogens with two attached hydrogens (primary N) is 1. The van der Waals surface area contributed by atoms with Gasteiger partial charge in [0.05, 0.1) is 12.8 Å². The Morgan fingerprint density at radius 1 is 1.73 bits per heavy atom. The second-order valence-electron chi connectivity index (χ2n) is 1.82.